The number of fused-ring (bicyclic) bond motifs is 2. The molecule has 0 N–H and O–H groups in total. The minimum Gasteiger partial charge on any atom is -0.341 e. The first-order valence-electron chi connectivity index (χ1n) is 6.94. The molecule has 0 aliphatic heterocycles. The van der Waals surface area contributed by atoms with Crippen molar-refractivity contribution >= 4 is 67.6 Å². The van der Waals surface area contributed by atoms with Gasteiger partial charge in [0.05, 0.1) is 22.3 Å². The lowest BCUT2D eigenvalue weighted by Gasteiger charge is -2.07. The molecule has 0 fully saturated rings. The zero-order valence-corrected chi connectivity index (χ0v) is 15.5. The minimum absolute atomic E-state index is 0.514. The van der Waals surface area contributed by atoms with E-state index in [9.17, 15) is 0 Å². The third-order valence-corrected chi connectivity index (χ3v) is 5.02. The lowest BCUT2D eigenvalue weighted by atomic mass is 10.1. The van der Waals surface area contributed by atoms with Crippen LogP contribution in [0.1, 0.15) is 5.56 Å². The average molecular weight is 454 g/mol. The molecule has 0 aliphatic rings. The summed E-state index contributed by atoms with van der Waals surface area (Å²) in [5, 5.41) is 3.33. The van der Waals surface area contributed by atoms with Gasteiger partial charge in [-0.25, -0.2) is 4.98 Å². The van der Waals surface area contributed by atoms with Gasteiger partial charge in [0.2, 0.25) is 0 Å². The van der Waals surface area contributed by atoms with Crippen molar-refractivity contribution in [1.29, 1.82) is 0 Å². The molecule has 0 aliphatic carbocycles. The number of nitrogens with zero attached hydrogens (tertiary/aromatic N) is 3. The monoisotopic (exact) mass is 453 g/mol. The lowest BCUT2D eigenvalue weighted by Crippen LogP contribution is -1.98. The van der Waals surface area contributed by atoms with Crippen LogP contribution in [0.3, 0.4) is 0 Å². The molecule has 0 spiro atoms. The summed E-state index contributed by atoms with van der Waals surface area (Å²) in [6.07, 6.45) is 5.60. The third-order valence-electron chi connectivity index (χ3n) is 3.75. The van der Waals surface area contributed by atoms with Crippen molar-refractivity contribution in [1.82, 2.24) is 14.5 Å². The van der Waals surface area contributed by atoms with Crippen LogP contribution < -0.4 is 0 Å². The smallest absolute Gasteiger partial charge is 0.129 e. The van der Waals surface area contributed by atoms with Crippen molar-refractivity contribution in [2.45, 2.75) is 6.54 Å². The molecule has 4 aromatic rings. The topological polar surface area (TPSA) is 30.7 Å². The molecule has 4 rings (SSSR count). The first-order chi connectivity index (χ1) is 11.1. The number of hydrogen-bond acceptors (Lipinski definition) is 2. The molecule has 0 atom stereocenters. The Hall–Kier alpha value is -1.37. The average Bonchev–Trinajstić information content (AvgIpc) is 2.82. The van der Waals surface area contributed by atoms with Crippen molar-refractivity contribution < 1.29 is 0 Å². The molecule has 3 nitrogen and oxygen atoms in total. The molecule has 0 unspecified atom stereocenters. The third kappa shape index (κ3) is 2.91. The lowest BCUT2D eigenvalue weighted by molar-refractivity contribution is 0.834. The molecule has 23 heavy (non-hydrogen) atoms. The molecule has 114 valence electrons. The Balaban J connectivity index is 1.78. The Morgan fingerprint density at radius 2 is 1.91 bits per heavy atom. The van der Waals surface area contributed by atoms with E-state index in [1.165, 1.54) is 5.56 Å². The summed E-state index contributed by atoms with van der Waals surface area (Å²) in [4.78, 5) is 8.53. The van der Waals surface area contributed by atoms with Gasteiger partial charge in [-0.3, -0.25) is 4.98 Å². The number of aromatic nitrogens is 3. The fourth-order valence-electron chi connectivity index (χ4n) is 2.70. The van der Waals surface area contributed by atoms with Crippen LogP contribution in [0.15, 0.2) is 48.9 Å². The number of benzene rings is 1. The van der Waals surface area contributed by atoms with Gasteiger partial charge < -0.3 is 4.57 Å². The van der Waals surface area contributed by atoms with Crippen LogP contribution in [0.5, 0.6) is 0 Å². The van der Waals surface area contributed by atoms with Crippen LogP contribution in [0.4, 0.5) is 0 Å². The summed E-state index contributed by atoms with van der Waals surface area (Å²) in [6.45, 7) is 0.755. The van der Waals surface area contributed by atoms with E-state index in [0.29, 0.717) is 10.2 Å². The fourth-order valence-corrected chi connectivity index (χ4v) is 3.79. The van der Waals surface area contributed by atoms with Gasteiger partial charge in [0, 0.05) is 33.3 Å². The van der Waals surface area contributed by atoms with Crippen molar-refractivity contribution in [2.75, 3.05) is 0 Å². The summed E-state index contributed by atoms with van der Waals surface area (Å²) in [5.74, 6) is 0. The molecular weight excluding hydrogens is 444 g/mol. The standard InChI is InChI=1S/C17H10Cl2IN3/c18-12-4-11-3-10(1-2-15(11)21-6-12)8-23-9-14(20)13-5-17(19)22-7-16(13)23/h1-7,9H,8H2. The maximum atomic E-state index is 6.04. The molecule has 0 saturated carbocycles. The van der Waals surface area contributed by atoms with E-state index in [2.05, 4.69) is 55.5 Å². The second kappa shape index (κ2) is 5.92. The largest absolute Gasteiger partial charge is 0.341 e. The Morgan fingerprint density at radius 3 is 2.78 bits per heavy atom. The van der Waals surface area contributed by atoms with E-state index in [4.69, 9.17) is 23.2 Å². The predicted molar refractivity (Wildman–Crippen MR) is 103 cm³/mol. The number of rotatable bonds is 2. The van der Waals surface area contributed by atoms with E-state index < -0.39 is 0 Å². The first kappa shape index (κ1) is 15.2. The number of hydrogen-bond donors (Lipinski definition) is 0. The van der Waals surface area contributed by atoms with Gasteiger partial charge in [0.25, 0.3) is 0 Å². The van der Waals surface area contributed by atoms with Gasteiger partial charge in [0.1, 0.15) is 5.15 Å². The van der Waals surface area contributed by atoms with Crippen LogP contribution in [0.2, 0.25) is 10.2 Å². The van der Waals surface area contributed by atoms with E-state index in [-0.39, 0.29) is 0 Å². The van der Waals surface area contributed by atoms with Gasteiger partial charge in [-0.15, -0.1) is 0 Å². The van der Waals surface area contributed by atoms with Crippen LogP contribution in [0, 0.1) is 3.57 Å². The van der Waals surface area contributed by atoms with Crippen LogP contribution in [-0.4, -0.2) is 14.5 Å². The Morgan fingerprint density at radius 1 is 1.04 bits per heavy atom. The SMILES string of the molecule is Clc1cnc2ccc(Cn3cc(I)c4cc(Cl)ncc43)cc2c1. The number of halogens is 3. The molecule has 3 heterocycles. The molecule has 3 aromatic heterocycles. The van der Waals surface area contributed by atoms with Crippen LogP contribution in [0.25, 0.3) is 21.8 Å². The van der Waals surface area contributed by atoms with E-state index in [0.717, 1.165) is 31.9 Å². The highest BCUT2D eigenvalue weighted by Crippen LogP contribution is 2.26. The molecule has 0 bridgehead atoms. The van der Waals surface area contributed by atoms with Crippen molar-refractivity contribution in [3.8, 4) is 0 Å². The van der Waals surface area contributed by atoms with Crippen molar-refractivity contribution in [3.05, 3.63) is 68.2 Å². The normalized spacial score (nSPS) is 11.4. The highest BCUT2D eigenvalue weighted by atomic mass is 127. The Bertz CT molecular complexity index is 1040. The second-order valence-corrected chi connectivity index (χ2v) is 7.30. The summed E-state index contributed by atoms with van der Waals surface area (Å²) in [5.41, 5.74) is 3.20. The summed E-state index contributed by atoms with van der Waals surface area (Å²) in [6, 6.07) is 10.1. The Labute approximate surface area is 156 Å². The molecule has 0 radical (unpaired) electrons. The molecular formula is C17H10Cl2IN3. The Kier molecular flexibility index (Phi) is 3.91. The van der Waals surface area contributed by atoms with Crippen molar-refractivity contribution in [3.63, 3.8) is 0 Å². The summed E-state index contributed by atoms with van der Waals surface area (Å²) >= 11 is 14.4. The molecule has 0 amide bonds. The van der Waals surface area contributed by atoms with Crippen molar-refractivity contribution in [2.24, 2.45) is 0 Å². The maximum absolute atomic E-state index is 6.04. The van der Waals surface area contributed by atoms with Gasteiger partial charge in [0.15, 0.2) is 0 Å². The van der Waals surface area contributed by atoms with Crippen LogP contribution in [-0.2, 0) is 6.54 Å². The van der Waals surface area contributed by atoms with Gasteiger partial charge >= 0.3 is 0 Å². The molecule has 0 saturated heterocycles. The van der Waals surface area contributed by atoms with E-state index in [1.54, 1.807) is 6.20 Å². The fraction of sp³-hybridized carbons (Fsp3) is 0.0588. The maximum Gasteiger partial charge on any atom is 0.129 e. The van der Waals surface area contributed by atoms with Gasteiger partial charge in [-0.2, -0.15) is 0 Å². The predicted octanol–water partition coefficient (Wildman–Crippen LogP) is 5.54. The van der Waals surface area contributed by atoms with Gasteiger partial charge in [-0.05, 0) is 52.4 Å². The van der Waals surface area contributed by atoms with E-state index >= 15 is 0 Å². The second-order valence-electron chi connectivity index (χ2n) is 5.31. The quantitative estimate of drug-likeness (QED) is 0.294. The zero-order valence-electron chi connectivity index (χ0n) is 11.8. The molecule has 6 heteroatoms. The number of pyridine rings is 2. The van der Waals surface area contributed by atoms with Crippen LogP contribution >= 0.6 is 45.8 Å². The zero-order chi connectivity index (χ0) is 16.0. The molecule has 1 aromatic carbocycles. The van der Waals surface area contributed by atoms with E-state index in [1.807, 2.05) is 24.4 Å². The summed E-state index contributed by atoms with van der Waals surface area (Å²) in [7, 11) is 0. The summed E-state index contributed by atoms with van der Waals surface area (Å²) < 4.78 is 3.34. The van der Waals surface area contributed by atoms with Gasteiger partial charge in [-0.1, -0.05) is 29.3 Å². The highest BCUT2D eigenvalue weighted by molar-refractivity contribution is 14.1. The minimum atomic E-state index is 0.514. The highest BCUT2D eigenvalue weighted by Gasteiger charge is 2.09. The first-order valence-corrected chi connectivity index (χ1v) is 8.78.